The number of carbonyl (C=O) groups is 1. The van der Waals surface area contributed by atoms with Gasteiger partial charge in [0.05, 0.1) is 11.9 Å². The summed E-state index contributed by atoms with van der Waals surface area (Å²) in [5, 5.41) is 0. The van der Waals surface area contributed by atoms with Gasteiger partial charge in [0, 0.05) is 6.08 Å². The minimum atomic E-state index is -0.270. The highest BCUT2D eigenvalue weighted by Gasteiger charge is 2.07. The van der Waals surface area contributed by atoms with Gasteiger partial charge in [0.15, 0.2) is 5.78 Å². The van der Waals surface area contributed by atoms with E-state index in [0.29, 0.717) is 0 Å². The molecule has 0 radical (unpaired) electrons. The number of hydrogen-bond donors (Lipinski definition) is 0. The summed E-state index contributed by atoms with van der Waals surface area (Å²) in [7, 11) is 0. The molecular weight excluding hydrogens is 236 g/mol. The number of rotatable bonds is 5. The van der Waals surface area contributed by atoms with Gasteiger partial charge < -0.3 is 4.74 Å². The molecule has 0 amide bonds. The highest BCUT2D eigenvalue weighted by molar-refractivity contribution is 5.99. The fourth-order valence-electron chi connectivity index (χ4n) is 1.24. The molecule has 19 heavy (non-hydrogen) atoms. The van der Waals surface area contributed by atoms with Gasteiger partial charge in [0.2, 0.25) is 0 Å². The Morgan fingerprint density at radius 2 is 1.74 bits per heavy atom. The molecule has 0 saturated heterocycles. The lowest BCUT2D eigenvalue weighted by molar-refractivity contribution is -0.110. The second-order valence-electron chi connectivity index (χ2n) is 5.06. The SMILES string of the molecule is CC(C)(C)O/C=C/C(=O)/C=C/C=C/c1ccccc1. The fraction of sp³-hybridized carbons (Fsp3) is 0.235. The summed E-state index contributed by atoms with van der Waals surface area (Å²) in [6, 6.07) is 9.92. The zero-order chi connectivity index (χ0) is 14.1. The third-order valence-corrected chi connectivity index (χ3v) is 2.11. The predicted octanol–water partition coefficient (Wildman–Crippen LogP) is 4.15. The van der Waals surface area contributed by atoms with Gasteiger partial charge in [-0.2, -0.15) is 0 Å². The summed E-state index contributed by atoms with van der Waals surface area (Å²) in [5.41, 5.74) is 0.833. The largest absolute Gasteiger partial charge is 0.496 e. The summed E-state index contributed by atoms with van der Waals surface area (Å²) in [5.74, 6) is -0.0954. The minimum Gasteiger partial charge on any atom is -0.496 e. The Labute approximate surface area is 115 Å². The van der Waals surface area contributed by atoms with Crippen LogP contribution in [0, 0.1) is 0 Å². The van der Waals surface area contributed by atoms with Gasteiger partial charge in [0.25, 0.3) is 0 Å². The molecule has 0 N–H and O–H groups in total. The van der Waals surface area contributed by atoms with E-state index in [0.717, 1.165) is 5.56 Å². The first-order valence-corrected chi connectivity index (χ1v) is 6.25. The van der Waals surface area contributed by atoms with Gasteiger partial charge in [0.1, 0.15) is 0 Å². The Bertz CT molecular complexity index is 474. The lowest BCUT2D eigenvalue weighted by Gasteiger charge is -2.17. The quantitative estimate of drug-likeness (QED) is 0.449. The van der Waals surface area contributed by atoms with Gasteiger partial charge in [-0.25, -0.2) is 0 Å². The maximum Gasteiger partial charge on any atom is 0.181 e. The number of benzene rings is 1. The normalized spacial score (nSPS) is 12.6. The molecule has 100 valence electrons. The van der Waals surface area contributed by atoms with Gasteiger partial charge in [-0.15, -0.1) is 0 Å². The lowest BCUT2D eigenvalue weighted by Crippen LogP contribution is -2.15. The van der Waals surface area contributed by atoms with Crippen LogP contribution in [0.1, 0.15) is 26.3 Å². The summed E-state index contributed by atoms with van der Waals surface area (Å²) in [4.78, 5) is 11.5. The van der Waals surface area contributed by atoms with E-state index in [2.05, 4.69) is 0 Å². The zero-order valence-electron chi connectivity index (χ0n) is 11.7. The van der Waals surface area contributed by atoms with Crippen molar-refractivity contribution >= 4 is 11.9 Å². The third-order valence-electron chi connectivity index (χ3n) is 2.11. The molecule has 0 unspecified atom stereocenters. The molecule has 0 aromatic heterocycles. The van der Waals surface area contributed by atoms with Crippen LogP contribution in [0.3, 0.4) is 0 Å². The highest BCUT2D eigenvalue weighted by atomic mass is 16.5. The Kier molecular flexibility index (Phi) is 5.80. The monoisotopic (exact) mass is 256 g/mol. The van der Waals surface area contributed by atoms with Crippen molar-refractivity contribution in [3.8, 4) is 0 Å². The summed E-state index contributed by atoms with van der Waals surface area (Å²) < 4.78 is 5.32. The topological polar surface area (TPSA) is 26.3 Å². The molecule has 0 aliphatic rings. The van der Waals surface area contributed by atoms with E-state index < -0.39 is 0 Å². The molecular formula is C17H20O2. The second kappa shape index (κ2) is 7.37. The van der Waals surface area contributed by atoms with E-state index in [4.69, 9.17) is 4.74 Å². The van der Waals surface area contributed by atoms with Crippen molar-refractivity contribution in [3.63, 3.8) is 0 Å². The summed E-state index contributed by atoms with van der Waals surface area (Å²) >= 11 is 0. The lowest BCUT2D eigenvalue weighted by atomic mass is 10.2. The minimum absolute atomic E-state index is 0.0954. The zero-order valence-corrected chi connectivity index (χ0v) is 11.7. The molecule has 1 aromatic rings. The van der Waals surface area contributed by atoms with E-state index in [9.17, 15) is 4.79 Å². The Morgan fingerprint density at radius 3 is 2.37 bits per heavy atom. The number of allylic oxidation sites excluding steroid dienone is 4. The van der Waals surface area contributed by atoms with Crippen LogP contribution < -0.4 is 0 Å². The molecule has 0 aliphatic carbocycles. The van der Waals surface area contributed by atoms with Crippen molar-refractivity contribution in [2.75, 3.05) is 0 Å². The van der Waals surface area contributed by atoms with Crippen LogP contribution in [-0.4, -0.2) is 11.4 Å². The maximum atomic E-state index is 11.5. The molecule has 0 fully saturated rings. The number of ether oxygens (including phenoxy) is 1. The molecule has 0 atom stereocenters. The number of hydrogen-bond acceptors (Lipinski definition) is 2. The molecule has 2 nitrogen and oxygen atoms in total. The number of ketones is 1. The van der Waals surface area contributed by atoms with Crippen molar-refractivity contribution < 1.29 is 9.53 Å². The smallest absolute Gasteiger partial charge is 0.181 e. The van der Waals surface area contributed by atoms with Gasteiger partial charge in [-0.3, -0.25) is 4.79 Å². The highest BCUT2D eigenvalue weighted by Crippen LogP contribution is 2.06. The molecule has 0 spiro atoms. The van der Waals surface area contributed by atoms with E-state index in [1.807, 2.05) is 63.3 Å². The average molecular weight is 256 g/mol. The first-order chi connectivity index (χ1) is 8.97. The number of carbonyl (C=O) groups excluding carboxylic acids is 1. The Balaban J connectivity index is 2.41. The van der Waals surface area contributed by atoms with E-state index >= 15 is 0 Å². The van der Waals surface area contributed by atoms with Gasteiger partial charge in [-0.05, 0) is 32.4 Å². The summed E-state index contributed by atoms with van der Waals surface area (Å²) in [6.45, 7) is 5.79. The van der Waals surface area contributed by atoms with E-state index in [1.54, 1.807) is 6.08 Å². The fourth-order valence-corrected chi connectivity index (χ4v) is 1.24. The van der Waals surface area contributed by atoms with Crippen LogP contribution in [-0.2, 0) is 9.53 Å². The van der Waals surface area contributed by atoms with Crippen LogP contribution in [0.15, 0.2) is 60.9 Å². The van der Waals surface area contributed by atoms with E-state index in [-0.39, 0.29) is 11.4 Å². The summed E-state index contributed by atoms with van der Waals surface area (Å²) in [6.07, 6.45) is 9.86. The van der Waals surface area contributed by atoms with Crippen LogP contribution >= 0.6 is 0 Å². The van der Waals surface area contributed by atoms with Gasteiger partial charge in [-0.1, -0.05) is 48.6 Å². The standard InChI is InChI=1S/C17H20O2/c1-17(2,3)19-14-13-16(18)12-8-7-11-15-9-5-4-6-10-15/h4-14H,1-3H3/b11-7+,12-8+,14-13+. The maximum absolute atomic E-state index is 11.5. The molecule has 1 rings (SSSR count). The van der Waals surface area contributed by atoms with Crippen molar-refractivity contribution in [1.82, 2.24) is 0 Å². The molecule has 0 bridgehead atoms. The van der Waals surface area contributed by atoms with Crippen molar-refractivity contribution in [2.24, 2.45) is 0 Å². The molecule has 0 heterocycles. The Morgan fingerprint density at radius 1 is 1.05 bits per heavy atom. The molecule has 0 aliphatic heterocycles. The van der Waals surface area contributed by atoms with Crippen molar-refractivity contribution in [2.45, 2.75) is 26.4 Å². The van der Waals surface area contributed by atoms with Crippen LogP contribution in [0.4, 0.5) is 0 Å². The Hall–Kier alpha value is -2.09. The average Bonchev–Trinajstić information content (AvgIpc) is 2.34. The predicted molar refractivity (Wildman–Crippen MR) is 79.6 cm³/mol. The van der Waals surface area contributed by atoms with Crippen molar-refractivity contribution in [1.29, 1.82) is 0 Å². The van der Waals surface area contributed by atoms with Crippen LogP contribution in [0.2, 0.25) is 0 Å². The van der Waals surface area contributed by atoms with Crippen LogP contribution in [0.5, 0.6) is 0 Å². The first-order valence-electron chi connectivity index (χ1n) is 6.25. The van der Waals surface area contributed by atoms with E-state index in [1.165, 1.54) is 18.4 Å². The third kappa shape index (κ3) is 7.77. The molecule has 1 aromatic carbocycles. The van der Waals surface area contributed by atoms with Crippen LogP contribution in [0.25, 0.3) is 6.08 Å². The second-order valence-corrected chi connectivity index (χ2v) is 5.06. The molecule has 2 heteroatoms. The van der Waals surface area contributed by atoms with Crippen molar-refractivity contribution in [3.05, 3.63) is 66.5 Å². The molecule has 0 saturated carbocycles. The first kappa shape index (κ1) is 15.0. The van der Waals surface area contributed by atoms with Gasteiger partial charge >= 0.3 is 0 Å².